The van der Waals surface area contributed by atoms with Gasteiger partial charge in [0.1, 0.15) is 0 Å². The van der Waals surface area contributed by atoms with E-state index in [9.17, 15) is 4.79 Å². The van der Waals surface area contributed by atoms with E-state index in [-0.39, 0.29) is 5.97 Å². The van der Waals surface area contributed by atoms with Crippen molar-refractivity contribution in [2.75, 3.05) is 33.0 Å². The summed E-state index contributed by atoms with van der Waals surface area (Å²) in [5, 5.41) is 0. The number of esters is 1. The Kier molecular flexibility index (Phi) is 24.9. The predicted octanol–water partition coefficient (Wildman–Crippen LogP) is 7.23. The Labute approximate surface area is 181 Å². The van der Waals surface area contributed by atoms with Gasteiger partial charge in [-0.2, -0.15) is 0 Å². The molecule has 0 heterocycles. The van der Waals surface area contributed by atoms with E-state index >= 15 is 0 Å². The van der Waals surface area contributed by atoms with Gasteiger partial charge >= 0.3 is 5.97 Å². The number of hydrogen-bond acceptors (Lipinski definition) is 4. The number of hydrogen-bond donors (Lipinski definition) is 0. The Morgan fingerprint density at radius 1 is 0.483 bits per heavy atom. The molecule has 0 aromatic carbocycles. The molecule has 0 saturated heterocycles. The third-order valence-electron chi connectivity index (χ3n) is 5.19. The molecule has 0 atom stereocenters. The Hall–Kier alpha value is -0.610. The maximum atomic E-state index is 11.7. The van der Waals surface area contributed by atoms with Crippen LogP contribution in [0.1, 0.15) is 123 Å². The van der Waals surface area contributed by atoms with Crippen LogP contribution >= 0.6 is 0 Å². The second-order valence-electron chi connectivity index (χ2n) is 8.14. The summed E-state index contributed by atoms with van der Waals surface area (Å²) in [6.07, 6.45) is 20.2. The minimum Gasteiger partial charge on any atom is -0.466 e. The Balaban J connectivity index is 3.11. The normalized spacial score (nSPS) is 11.1. The molecule has 4 nitrogen and oxygen atoms in total. The molecule has 0 saturated carbocycles. The summed E-state index contributed by atoms with van der Waals surface area (Å²) in [4.78, 5) is 11.7. The molecule has 0 unspecified atom stereocenters. The molecule has 29 heavy (non-hydrogen) atoms. The van der Waals surface area contributed by atoms with Crippen LogP contribution in [0.3, 0.4) is 0 Å². The molecule has 0 aromatic rings. The van der Waals surface area contributed by atoms with E-state index in [1.165, 1.54) is 70.6 Å². The number of carbonyl (C=O) groups excluding carboxylic acids is 1. The van der Waals surface area contributed by atoms with E-state index in [4.69, 9.17) is 14.2 Å². The first kappa shape index (κ1) is 28.4. The molecule has 0 fully saturated rings. The van der Waals surface area contributed by atoms with Gasteiger partial charge < -0.3 is 14.2 Å². The van der Waals surface area contributed by atoms with Gasteiger partial charge in [0.15, 0.2) is 0 Å². The average Bonchev–Trinajstić information content (AvgIpc) is 2.72. The lowest BCUT2D eigenvalue weighted by molar-refractivity contribution is -0.144. The first-order valence-corrected chi connectivity index (χ1v) is 12.6. The minimum atomic E-state index is -0.0433. The Morgan fingerprint density at radius 3 is 1.45 bits per heavy atom. The van der Waals surface area contributed by atoms with Crippen molar-refractivity contribution >= 4 is 5.97 Å². The van der Waals surface area contributed by atoms with Crippen molar-refractivity contribution in [2.24, 2.45) is 0 Å². The molecule has 174 valence electrons. The molecule has 0 spiro atoms. The summed E-state index contributed by atoms with van der Waals surface area (Å²) in [6.45, 7) is 7.92. The van der Waals surface area contributed by atoms with Gasteiger partial charge in [0.05, 0.1) is 19.8 Å². The van der Waals surface area contributed by atoms with Gasteiger partial charge in [-0.15, -0.1) is 0 Å². The van der Waals surface area contributed by atoms with Crippen LogP contribution in [0.2, 0.25) is 0 Å². The van der Waals surface area contributed by atoms with Crippen LogP contribution in [0.5, 0.6) is 0 Å². The van der Waals surface area contributed by atoms with E-state index in [0.29, 0.717) is 26.2 Å². The largest absolute Gasteiger partial charge is 0.466 e. The molecule has 0 rings (SSSR count). The van der Waals surface area contributed by atoms with Gasteiger partial charge in [0, 0.05) is 19.6 Å². The summed E-state index contributed by atoms with van der Waals surface area (Å²) in [5.74, 6) is -0.0433. The molecule has 0 radical (unpaired) electrons. The van der Waals surface area contributed by atoms with Gasteiger partial charge in [-0.1, -0.05) is 90.9 Å². The number of ether oxygens (including phenoxy) is 3. The van der Waals surface area contributed by atoms with Crippen LogP contribution < -0.4 is 0 Å². The molecule has 0 aliphatic carbocycles. The van der Waals surface area contributed by atoms with Crippen molar-refractivity contribution in [1.29, 1.82) is 0 Å². The Bertz CT molecular complexity index is 320. The number of rotatable bonds is 24. The van der Waals surface area contributed by atoms with E-state index in [0.717, 1.165) is 45.3 Å². The molecular weight excluding hydrogens is 364 g/mol. The van der Waals surface area contributed by atoms with Crippen LogP contribution in [0, 0.1) is 0 Å². The van der Waals surface area contributed by atoms with Gasteiger partial charge in [-0.25, -0.2) is 0 Å². The summed E-state index contributed by atoms with van der Waals surface area (Å²) in [7, 11) is 0. The maximum absolute atomic E-state index is 11.7. The fourth-order valence-corrected chi connectivity index (χ4v) is 3.27. The topological polar surface area (TPSA) is 44.8 Å². The Morgan fingerprint density at radius 2 is 0.897 bits per heavy atom. The molecule has 0 amide bonds. The van der Waals surface area contributed by atoms with Crippen molar-refractivity contribution in [2.45, 2.75) is 123 Å². The lowest BCUT2D eigenvalue weighted by atomic mass is 10.1. The third kappa shape index (κ3) is 25.4. The molecular formula is C25H50O4. The summed E-state index contributed by atoms with van der Waals surface area (Å²) >= 11 is 0. The highest BCUT2D eigenvalue weighted by Crippen LogP contribution is 2.09. The molecule has 0 aromatic heterocycles. The van der Waals surface area contributed by atoms with Crippen molar-refractivity contribution in [3.05, 3.63) is 0 Å². The molecule has 0 N–H and O–H groups in total. The monoisotopic (exact) mass is 414 g/mol. The van der Waals surface area contributed by atoms with Crippen molar-refractivity contribution in [1.82, 2.24) is 0 Å². The highest BCUT2D eigenvalue weighted by atomic mass is 16.5. The maximum Gasteiger partial charge on any atom is 0.305 e. The smallest absolute Gasteiger partial charge is 0.305 e. The second-order valence-corrected chi connectivity index (χ2v) is 8.14. The minimum absolute atomic E-state index is 0.0433. The van der Waals surface area contributed by atoms with Crippen LogP contribution in [0.4, 0.5) is 0 Å². The summed E-state index contributed by atoms with van der Waals surface area (Å²) in [5.41, 5.74) is 0. The van der Waals surface area contributed by atoms with Gasteiger partial charge in [-0.05, 0) is 25.7 Å². The van der Waals surface area contributed by atoms with Crippen LogP contribution in [0.25, 0.3) is 0 Å². The van der Waals surface area contributed by atoms with Crippen molar-refractivity contribution in [3.8, 4) is 0 Å². The predicted molar refractivity (Wildman–Crippen MR) is 122 cm³/mol. The van der Waals surface area contributed by atoms with Crippen molar-refractivity contribution < 1.29 is 19.0 Å². The first-order chi connectivity index (χ1) is 14.3. The van der Waals surface area contributed by atoms with E-state index < -0.39 is 0 Å². The summed E-state index contributed by atoms with van der Waals surface area (Å²) in [6, 6.07) is 0. The second kappa shape index (κ2) is 25.4. The van der Waals surface area contributed by atoms with Crippen molar-refractivity contribution in [3.63, 3.8) is 0 Å². The molecule has 0 bridgehead atoms. The highest BCUT2D eigenvalue weighted by Gasteiger charge is 2.02. The zero-order chi connectivity index (χ0) is 21.3. The van der Waals surface area contributed by atoms with Gasteiger partial charge in [0.2, 0.25) is 0 Å². The first-order valence-electron chi connectivity index (χ1n) is 12.6. The van der Waals surface area contributed by atoms with Gasteiger partial charge in [0.25, 0.3) is 0 Å². The van der Waals surface area contributed by atoms with Crippen LogP contribution in [-0.2, 0) is 19.0 Å². The molecule has 4 heteroatoms. The SMILES string of the molecule is CCCCCCCCCOCCOCCCCOC(=O)CCCCCCCCC. The van der Waals surface area contributed by atoms with E-state index in [2.05, 4.69) is 13.8 Å². The standard InChI is InChI=1S/C25H50O4/c1-3-5-7-9-11-13-15-19-25(26)29-22-18-17-21-28-24-23-27-20-16-14-12-10-8-6-4-2/h3-24H2,1-2H3. The van der Waals surface area contributed by atoms with Crippen LogP contribution in [0.15, 0.2) is 0 Å². The fourth-order valence-electron chi connectivity index (χ4n) is 3.27. The quantitative estimate of drug-likeness (QED) is 0.123. The lowest BCUT2D eigenvalue weighted by Gasteiger charge is -2.07. The van der Waals surface area contributed by atoms with Crippen LogP contribution in [-0.4, -0.2) is 39.0 Å². The molecule has 0 aliphatic heterocycles. The lowest BCUT2D eigenvalue weighted by Crippen LogP contribution is -2.08. The zero-order valence-electron chi connectivity index (χ0n) is 19.7. The average molecular weight is 415 g/mol. The third-order valence-corrected chi connectivity index (χ3v) is 5.19. The number of unbranched alkanes of at least 4 members (excludes halogenated alkanes) is 13. The van der Waals surface area contributed by atoms with E-state index in [1.54, 1.807) is 0 Å². The van der Waals surface area contributed by atoms with Gasteiger partial charge in [-0.3, -0.25) is 4.79 Å². The zero-order valence-corrected chi connectivity index (χ0v) is 19.7. The highest BCUT2D eigenvalue weighted by molar-refractivity contribution is 5.69. The summed E-state index contributed by atoms with van der Waals surface area (Å²) < 4.78 is 16.4. The van der Waals surface area contributed by atoms with E-state index in [1.807, 2.05) is 0 Å². The number of carbonyl (C=O) groups is 1. The fraction of sp³-hybridized carbons (Fsp3) is 0.960. The molecule has 0 aliphatic rings.